The normalized spacial score (nSPS) is 26.9. The Morgan fingerprint density at radius 3 is 2.53 bits per heavy atom. The molecule has 0 amide bonds. The summed E-state index contributed by atoms with van der Waals surface area (Å²) in [5.41, 5.74) is -0.153. The first-order valence-electron chi connectivity index (χ1n) is 6.02. The molecule has 2 unspecified atom stereocenters. The number of hydrogen-bond donors (Lipinski definition) is 0. The smallest absolute Gasteiger partial charge is 0.136 e. The fourth-order valence-electron chi connectivity index (χ4n) is 2.23. The summed E-state index contributed by atoms with van der Waals surface area (Å²) in [6, 6.07) is 0. The van der Waals surface area contributed by atoms with Crippen LogP contribution in [0.5, 0.6) is 0 Å². The predicted octanol–water partition coefficient (Wildman–Crippen LogP) is 3.20. The predicted molar refractivity (Wildman–Crippen MR) is 61.8 cm³/mol. The fraction of sp³-hybridized carbons (Fsp3) is 0.923. The minimum absolute atomic E-state index is 0.153. The second-order valence-electron chi connectivity index (χ2n) is 5.55. The van der Waals surface area contributed by atoms with Crippen molar-refractivity contribution in [2.75, 3.05) is 7.11 Å². The number of rotatable bonds is 5. The van der Waals surface area contributed by atoms with Crippen molar-refractivity contribution in [3.63, 3.8) is 0 Å². The number of carbonyl (C=O) groups excluding carboxylic acids is 1. The van der Waals surface area contributed by atoms with Gasteiger partial charge < -0.3 is 4.74 Å². The lowest BCUT2D eigenvalue weighted by Gasteiger charge is -2.22. The molecular weight excluding hydrogens is 188 g/mol. The van der Waals surface area contributed by atoms with Crippen molar-refractivity contribution in [1.29, 1.82) is 0 Å². The Hall–Kier alpha value is -0.370. The summed E-state index contributed by atoms with van der Waals surface area (Å²) in [6.45, 7) is 6.32. The lowest BCUT2D eigenvalue weighted by molar-refractivity contribution is -0.124. The maximum Gasteiger partial charge on any atom is 0.136 e. The zero-order chi connectivity index (χ0) is 11.5. The van der Waals surface area contributed by atoms with E-state index in [1.807, 2.05) is 13.8 Å². The van der Waals surface area contributed by atoms with Gasteiger partial charge in [-0.3, -0.25) is 4.79 Å². The number of Topliss-reactive ketones (excluding diaryl/α,β-unsaturated/α-hetero) is 1. The molecule has 1 rings (SSSR count). The molecular formula is C13H24O2. The first kappa shape index (κ1) is 12.7. The van der Waals surface area contributed by atoms with E-state index in [4.69, 9.17) is 4.74 Å². The third-order valence-corrected chi connectivity index (χ3v) is 3.68. The lowest BCUT2D eigenvalue weighted by Crippen LogP contribution is -2.24. The summed E-state index contributed by atoms with van der Waals surface area (Å²) in [6.07, 6.45) is 4.95. The molecule has 0 spiro atoms. The molecule has 0 aromatic heterocycles. The summed E-state index contributed by atoms with van der Waals surface area (Å²) in [4.78, 5) is 11.9. The molecule has 1 fully saturated rings. The molecule has 15 heavy (non-hydrogen) atoms. The van der Waals surface area contributed by atoms with Gasteiger partial charge in [-0.05, 0) is 45.4 Å². The number of ether oxygens (including phenoxy) is 1. The molecule has 88 valence electrons. The highest BCUT2D eigenvalue weighted by Gasteiger charge is 2.28. The third-order valence-electron chi connectivity index (χ3n) is 3.68. The summed E-state index contributed by atoms with van der Waals surface area (Å²) in [5, 5.41) is 0. The molecule has 0 radical (unpaired) electrons. The fourth-order valence-corrected chi connectivity index (χ4v) is 2.23. The molecule has 0 N–H and O–H groups in total. The van der Waals surface area contributed by atoms with Crippen LogP contribution >= 0.6 is 0 Å². The van der Waals surface area contributed by atoms with Gasteiger partial charge in [-0.1, -0.05) is 6.92 Å². The van der Waals surface area contributed by atoms with E-state index in [0.29, 0.717) is 18.1 Å². The maximum atomic E-state index is 11.9. The second-order valence-corrected chi connectivity index (χ2v) is 5.55. The van der Waals surface area contributed by atoms with Gasteiger partial charge in [-0.15, -0.1) is 0 Å². The van der Waals surface area contributed by atoms with Gasteiger partial charge in [0.05, 0.1) is 5.60 Å². The summed E-state index contributed by atoms with van der Waals surface area (Å²) >= 11 is 0. The van der Waals surface area contributed by atoms with Gasteiger partial charge in [0.1, 0.15) is 5.78 Å². The zero-order valence-electron chi connectivity index (χ0n) is 10.5. The topological polar surface area (TPSA) is 26.3 Å². The van der Waals surface area contributed by atoms with E-state index >= 15 is 0 Å². The van der Waals surface area contributed by atoms with Crippen LogP contribution in [0.2, 0.25) is 0 Å². The molecule has 1 aliphatic rings. The SMILES string of the molecule is COC(C)(C)CCC(=O)C1CCC(C)C1. The van der Waals surface area contributed by atoms with E-state index in [9.17, 15) is 4.79 Å². The minimum Gasteiger partial charge on any atom is -0.379 e. The van der Waals surface area contributed by atoms with Gasteiger partial charge in [-0.2, -0.15) is 0 Å². The Kier molecular flexibility index (Phi) is 4.32. The molecule has 2 heteroatoms. The first-order valence-corrected chi connectivity index (χ1v) is 6.02. The van der Waals surface area contributed by atoms with Crippen molar-refractivity contribution in [3.8, 4) is 0 Å². The van der Waals surface area contributed by atoms with Crippen molar-refractivity contribution >= 4 is 5.78 Å². The Labute approximate surface area is 93.4 Å². The molecule has 2 nitrogen and oxygen atoms in total. The molecule has 0 bridgehead atoms. The van der Waals surface area contributed by atoms with Gasteiger partial charge >= 0.3 is 0 Å². The number of methoxy groups -OCH3 is 1. The van der Waals surface area contributed by atoms with E-state index < -0.39 is 0 Å². The van der Waals surface area contributed by atoms with Crippen LogP contribution in [-0.4, -0.2) is 18.5 Å². The third kappa shape index (κ3) is 3.94. The largest absolute Gasteiger partial charge is 0.379 e. The van der Waals surface area contributed by atoms with Gasteiger partial charge in [0.15, 0.2) is 0 Å². The Morgan fingerprint density at radius 1 is 1.40 bits per heavy atom. The standard InChI is InChI=1S/C13H24O2/c1-10-5-6-11(9-10)12(14)7-8-13(2,3)15-4/h10-11H,5-9H2,1-4H3. The van der Waals surface area contributed by atoms with E-state index in [1.54, 1.807) is 7.11 Å². The monoisotopic (exact) mass is 212 g/mol. The molecule has 0 heterocycles. The minimum atomic E-state index is -0.153. The summed E-state index contributed by atoms with van der Waals surface area (Å²) in [5.74, 6) is 1.53. The number of hydrogen-bond acceptors (Lipinski definition) is 2. The average Bonchev–Trinajstić information content (AvgIpc) is 2.61. The van der Waals surface area contributed by atoms with E-state index in [0.717, 1.165) is 25.2 Å². The highest BCUT2D eigenvalue weighted by molar-refractivity contribution is 5.81. The van der Waals surface area contributed by atoms with E-state index in [1.165, 1.54) is 6.42 Å². The average molecular weight is 212 g/mol. The van der Waals surface area contributed by atoms with Crippen molar-refractivity contribution in [2.24, 2.45) is 11.8 Å². The van der Waals surface area contributed by atoms with Crippen LogP contribution in [0.15, 0.2) is 0 Å². The molecule has 0 saturated heterocycles. The molecule has 0 aromatic rings. The number of carbonyl (C=O) groups is 1. The summed E-state index contributed by atoms with van der Waals surface area (Å²) < 4.78 is 5.32. The van der Waals surface area contributed by atoms with Crippen molar-refractivity contribution in [1.82, 2.24) is 0 Å². The van der Waals surface area contributed by atoms with Crippen LogP contribution in [0, 0.1) is 11.8 Å². The van der Waals surface area contributed by atoms with E-state index in [2.05, 4.69) is 6.92 Å². The van der Waals surface area contributed by atoms with Gasteiger partial charge in [0.2, 0.25) is 0 Å². The second kappa shape index (κ2) is 5.11. The maximum absolute atomic E-state index is 11.9. The van der Waals surface area contributed by atoms with E-state index in [-0.39, 0.29) is 5.60 Å². The lowest BCUT2D eigenvalue weighted by atomic mass is 9.93. The molecule has 2 atom stereocenters. The van der Waals surface area contributed by atoms with Crippen molar-refractivity contribution in [2.45, 2.75) is 58.5 Å². The van der Waals surface area contributed by atoms with Crippen LogP contribution in [0.25, 0.3) is 0 Å². The molecule has 1 aliphatic carbocycles. The van der Waals surface area contributed by atoms with Crippen LogP contribution in [0.1, 0.15) is 52.9 Å². The van der Waals surface area contributed by atoms with Crippen molar-refractivity contribution < 1.29 is 9.53 Å². The van der Waals surface area contributed by atoms with Crippen LogP contribution in [-0.2, 0) is 9.53 Å². The summed E-state index contributed by atoms with van der Waals surface area (Å²) in [7, 11) is 1.71. The van der Waals surface area contributed by atoms with Crippen LogP contribution < -0.4 is 0 Å². The van der Waals surface area contributed by atoms with Crippen LogP contribution in [0.3, 0.4) is 0 Å². The highest BCUT2D eigenvalue weighted by Crippen LogP contribution is 2.32. The highest BCUT2D eigenvalue weighted by atomic mass is 16.5. The van der Waals surface area contributed by atoms with Crippen molar-refractivity contribution in [3.05, 3.63) is 0 Å². The zero-order valence-corrected chi connectivity index (χ0v) is 10.5. The first-order chi connectivity index (χ1) is 6.94. The van der Waals surface area contributed by atoms with Gasteiger partial charge in [0, 0.05) is 19.4 Å². The Balaban J connectivity index is 2.30. The van der Waals surface area contributed by atoms with Crippen LogP contribution in [0.4, 0.5) is 0 Å². The van der Waals surface area contributed by atoms with Gasteiger partial charge in [0.25, 0.3) is 0 Å². The Morgan fingerprint density at radius 2 is 2.07 bits per heavy atom. The molecule has 0 aliphatic heterocycles. The molecule has 0 aromatic carbocycles. The molecule has 1 saturated carbocycles. The quantitative estimate of drug-likeness (QED) is 0.699. The Bertz CT molecular complexity index is 221. The van der Waals surface area contributed by atoms with Gasteiger partial charge in [-0.25, -0.2) is 0 Å². The number of ketones is 1.